The van der Waals surface area contributed by atoms with Crippen LogP contribution in [0.15, 0.2) is 12.1 Å². The van der Waals surface area contributed by atoms with Crippen LogP contribution in [0.1, 0.15) is 36.5 Å². The number of hydrogen-bond donors (Lipinski definition) is 1. The Hall–Kier alpha value is -1.63. The van der Waals surface area contributed by atoms with Crippen LogP contribution in [-0.2, 0) is 6.18 Å². The number of alkyl halides is 3. The van der Waals surface area contributed by atoms with Gasteiger partial charge in [-0.15, -0.1) is 6.42 Å². The minimum atomic E-state index is -4.45. The maximum Gasteiger partial charge on any atom is 0.417 e. The molecule has 0 aliphatic heterocycles. The molecule has 0 aliphatic rings. The van der Waals surface area contributed by atoms with Crippen molar-refractivity contribution < 1.29 is 13.2 Å². The van der Waals surface area contributed by atoms with E-state index in [0.717, 1.165) is 0 Å². The van der Waals surface area contributed by atoms with Crippen LogP contribution in [0.4, 0.5) is 18.9 Å². The fourth-order valence-electron chi connectivity index (χ4n) is 1.57. The summed E-state index contributed by atoms with van der Waals surface area (Å²) >= 11 is 0. The van der Waals surface area contributed by atoms with Crippen molar-refractivity contribution in [2.75, 3.05) is 5.73 Å². The molecule has 0 aliphatic carbocycles. The standard InChI is InChI=1S/C12H12F3N/c1-4-8-5-9(16)6-10(7(2)3)11(8)12(13,14)15/h1,5-7H,16H2,2-3H3. The van der Waals surface area contributed by atoms with Gasteiger partial charge in [-0.1, -0.05) is 19.8 Å². The summed E-state index contributed by atoms with van der Waals surface area (Å²) in [7, 11) is 0. The molecule has 0 heterocycles. The first-order chi connectivity index (χ1) is 7.27. The molecular weight excluding hydrogens is 215 g/mol. The zero-order valence-corrected chi connectivity index (χ0v) is 9.02. The van der Waals surface area contributed by atoms with Crippen molar-refractivity contribution in [1.82, 2.24) is 0 Å². The van der Waals surface area contributed by atoms with Gasteiger partial charge in [-0.25, -0.2) is 0 Å². The number of nitrogen functional groups attached to an aromatic ring is 1. The molecular formula is C12H12F3N. The van der Waals surface area contributed by atoms with Gasteiger partial charge in [0, 0.05) is 11.3 Å². The second-order valence-corrected chi connectivity index (χ2v) is 3.83. The molecule has 1 rings (SSSR count). The van der Waals surface area contributed by atoms with Gasteiger partial charge in [-0.3, -0.25) is 0 Å². The molecule has 1 aromatic carbocycles. The number of nitrogens with two attached hydrogens (primary N) is 1. The Bertz CT molecular complexity index is 439. The summed E-state index contributed by atoms with van der Waals surface area (Å²) in [5, 5.41) is 0. The van der Waals surface area contributed by atoms with Crippen LogP contribution < -0.4 is 5.73 Å². The third-order valence-corrected chi connectivity index (χ3v) is 2.25. The zero-order chi connectivity index (χ0) is 12.5. The van der Waals surface area contributed by atoms with Gasteiger partial charge < -0.3 is 5.73 Å². The van der Waals surface area contributed by atoms with Crippen LogP contribution in [0.25, 0.3) is 0 Å². The maximum absolute atomic E-state index is 12.9. The Labute approximate surface area is 92.5 Å². The molecule has 0 unspecified atom stereocenters. The lowest BCUT2D eigenvalue weighted by molar-refractivity contribution is -0.138. The summed E-state index contributed by atoms with van der Waals surface area (Å²) in [4.78, 5) is 0. The Morgan fingerprint density at radius 2 is 1.88 bits per heavy atom. The summed E-state index contributed by atoms with van der Waals surface area (Å²) in [5.74, 6) is 1.75. The first kappa shape index (κ1) is 12.4. The fraction of sp³-hybridized carbons (Fsp3) is 0.333. The molecule has 0 bridgehead atoms. The topological polar surface area (TPSA) is 26.0 Å². The molecule has 86 valence electrons. The van der Waals surface area contributed by atoms with Crippen molar-refractivity contribution in [3.05, 3.63) is 28.8 Å². The predicted octanol–water partition coefficient (Wildman–Crippen LogP) is 3.39. The lowest BCUT2D eigenvalue weighted by Crippen LogP contribution is -2.13. The van der Waals surface area contributed by atoms with Gasteiger partial charge in [0.15, 0.2) is 0 Å². The summed E-state index contributed by atoms with van der Waals surface area (Å²) in [6, 6.07) is 2.50. The molecule has 0 radical (unpaired) electrons. The third-order valence-electron chi connectivity index (χ3n) is 2.25. The van der Waals surface area contributed by atoms with E-state index in [-0.39, 0.29) is 22.7 Å². The highest BCUT2D eigenvalue weighted by Crippen LogP contribution is 2.38. The van der Waals surface area contributed by atoms with Crippen molar-refractivity contribution in [2.45, 2.75) is 25.9 Å². The Morgan fingerprint density at radius 1 is 1.31 bits per heavy atom. The van der Waals surface area contributed by atoms with Gasteiger partial charge in [0.25, 0.3) is 0 Å². The van der Waals surface area contributed by atoms with Crippen molar-refractivity contribution in [2.24, 2.45) is 0 Å². The highest BCUT2D eigenvalue weighted by atomic mass is 19.4. The predicted molar refractivity (Wildman–Crippen MR) is 57.9 cm³/mol. The molecule has 0 saturated carbocycles. The normalized spacial score (nSPS) is 11.6. The number of halogens is 3. The minimum absolute atomic E-state index is 0.139. The van der Waals surface area contributed by atoms with Crippen LogP contribution in [-0.4, -0.2) is 0 Å². The van der Waals surface area contributed by atoms with Gasteiger partial charge in [0.2, 0.25) is 0 Å². The first-order valence-electron chi connectivity index (χ1n) is 4.74. The molecule has 0 aromatic heterocycles. The van der Waals surface area contributed by atoms with E-state index >= 15 is 0 Å². The second kappa shape index (κ2) is 4.09. The van der Waals surface area contributed by atoms with Crippen molar-refractivity contribution in [1.29, 1.82) is 0 Å². The van der Waals surface area contributed by atoms with Gasteiger partial charge in [-0.05, 0) is 23.6 Å². The molecule has 1 nitrogen and oxygen atoms in total. The van der Waals surface area contributed by atoms with Crippen molar-refractivity contribution in [3.63, 3.8) is 0 Å². The Kier molecular flexibility index (Phi) is 3.18. The number of rotatable bonds is 1. The van der Waals surface area contributed by atoms with Gasteiger partial charge in [0.05, 0.1) is 5.56 Å². The molecule has 0 fully saturated rings. The van der Waals surface area contributed by atoms with E-state index in [1.165, 1.54) is 12.1 Å². The Morgan fingerprint density at radius 3 is 2.25 bits per heavy atom. The van der Waals surface area contributed by atoms with E-state index in [9.17, 15) is 13.2 Å². The lowest BCUT2D eigenvalue weighted by atomic mass is 9.92. The summed E-state index contributed by atoms with van der Waals surface area (Å²) in [6.45, 7) is 3.34. The van der Waals surface area contributed by atoms with Crippen molar-refractivity contribution in [3.8, 4) is 12.3 Å². The van der Waals surface area contributed by atoms with E-state index in [1.54, 1.807) is 13.8 Å². The van der Waals surface area contributed by atoms with E-state index in [0.29, 0.717) is 0 Å². The molecule has 2 N–H and O–H groups in total. The van der Waals surface area contributed by atoms with Gasteiger partial charge in [0.1, 0.15) is 0 Å². The summed E-state index contributed by atoms with van der Waals surface area (Å²) < 4.78 is 38.6. The smallest absolute Gasteiger partial charge is 0.399 e. The zero-order valence-electron chi connectivity index (χ0n) is 9.02. The van der Waals surface area contributed by atoms with E-state index in [4.69, 9.17) is 12.2 Å². The number of hydrogen-bond acceptors (Lipinski definition) is 1. The second-order valence-electron chi connectivity index (χ2n) is 3.83. The monoisotopic (exact) mass is 227 g/mol. The maximum atomic E-state index is 12.9. The molecule has 0 saturated heterocycles. The third kappa shape index (κ3) is 2.30. The van der Waals surface area contributed by atoms with Crippen LogP contribution in [0, 0.1) is 12.3 Å². The van der Waals surface area contributed by atoms with Crippen LogP contribution in [0.3, 0.4) is 0 Å². The Balaban J connectivity index is 3.60. The first-order valence-corrected chi connectivity index (χ1v) is 4.74. The van der Waals surface area contributed by atoms with Crippen LogP contribution in [0.2, 0.25) is 0 Å². The van der Waals surface area contributed by atoms with Crippen LogP contribution >= 0.6 is 0 Å². The van der Waals surface area contributed by atoms with E-state index in [2.05, 4.69) is 0 Å². The quantitative estimate of drug-likeness (QED) is 0.577. The number of terminal acetylenes is 1. The fourth-order valence-corrected chi connectivity index (χ4v) is 1.57. The van der Waals surface area contributed by atoms with E-state index < -0.39 is 11.7 Å². The van der Waals surface area contributed by atoms with Crippen molar-refractivity contribution >= 4 is 5.69 Å². The number of benzene rings is 1. The minimum Gasteiger partial charge on any atom is -0.399 e. The summed E-state index contributed by atoms with van der Waals surface area (Å²) in [6.07, 6.45) is 0.630. The molecule has 16 heavy (non-hydrogen) atoms. The van der Waals surface area contributed by atoms with E-state index in [1.807, 2.05) is 5.92 Å². The molecule has 1 aromatic rings. The van der Waals surface area contributed by atoms with Gasteiger partial charge >= 0.3 is 6.18 Å². The molecule has 0 spiro atoms. The molecule has 4 heteroatoms. The summed E-state index contributed by atoms with van der Waals surface area (Å²) in [5.41, 5.74) is 4.97. The number of anilines is 1. The highest BCUT2D eigenvalue weighted by Gasteiger charge is 2.36. The lowest BCUT2D eigenvalue weighted by Gasteiger charge is -2.18. The highest BCUT2D eigenvalue weighted by molar-refractivity contribution is 5.56. The molecule has 0 atom stereocenters. The largest absolute Gasteiger partial charge is 0.417 e. The average molecular weight is 227 g/mol. The van der Waals surface area contributed by atoms with Gasteiger partial charge in [-0.2, -0.15) is 13.2 Å². The molecule has 0 amide bonds. The van der Waals surface area contributed by atoms with Crippen LogP contribution in [0.5, 0.6) is 0 Å². The SMILES string of the molecule is C#Cc1cc(N)cc(C(C)C)c1C(F)(F)F. The average Bonchev–Trinajstić information content (AvgIpc) is 2.14.